The third-order valence-corrected chi connectivity index (χ3v) is 4.98. The van der Waals surface area contributed by atoms with Gasteiger partial charge in [0.05, 0.1) is 11.6 Å². The zero-order valence-corrected chi connectivity index (χ0v) is 17.7. The molecule has 0 fully saturated rings. The van der Waals surface area contributed by atoms with Crippen molar-refractivity contribution in [2.24, 2.45) is 11.1 Å². The van der Waals surface area contributed by atoms with Crippen LogP contribution in [0.2, 0.25) is 0 Å². The van der Waals surface area contributed by atoms with Crippen LogP contribution in [0, 0.1) is 16.7 Å². The van der Waals surface area contributed by atoms with Gasteiger partial charge in [-0.25, -0.2) is 0 Å². The van der Waals surface area contributed by atoms with Gasteiger partial charge in [-0.1, -0.05) is 56.3 Å². The first-order chi connectivity index (χ1) is 14.5. The van der Waals surface area contributed by atoms with Gasteiger partial charge in [0.1, 0.15) is 11.5 Å². The summed E-state index contributed by atoms with van der Waals surface area (Å²) in [6.45, 7) is 7.44. The lowest BCUT2D eigenvalue weighted by molar-refractivity contribution is 0.168. The summed E-state index contributed by atoms with van der Waals surface area (Å²) in [6.07, 6.45) is 0. The van der Waals surface area contributed by atoms with E-state index in [1.54, 1.807) is 0 Å². The third kappa shape index (κ3) is 6.45. The van der Waals surface area contributed by atoms with E-state index in [4.69, 9.17) is 15.7 Å². The van der Waals surface area contributed by atoms with Gasteiger partial charge in [0.25, 0.3) is 0 Å². The molecule has 0 radical (unpaired) electrons. The van der Waals surface area contributed by atoms with Gasteiger partial charge in [0.2, 0.25) is 0 Å². The molecule has 3 aromatic carbocycles. The van der Waals surface area contributed by atoms with E-state index in [9.17, 15) is 0 Å². The van der Waals surface area contributed by atoms with Crippen molar-refractivity contribution in [1.29, 1.82) is 5.26 Å². The minimum Gasteiger partial charge on any atom is -0.457 e. The minimum absolute atomic E-state index is 0.00471. The molecule has 4 nitrogen and oxygen atoms in total. The van der Waals surface area contributed by atoms with Gasteiger partial charge in [-0.2, -0.15) is 5.26 Å². The Hall–Kier alpha value is -3.13. The zero-order chi connectivity index (χ0) is 21.4. The SMILES string of the molecule is CC(C)(CN)CN(Cc1ccc(C#N)cc1)Cc1cccc(Oc2ccccc2)c1. The fourth-order valence-electron chi connectivity index (χ4n) is 3.37. The molecule has 3 aromatic rings. The maximum atomic E-state index is 9.04. The number of rotatable bonds is 9. The highest BCUT2D eigenvalue weighted by molar-refractivity contribution is 5.34. The van der Waals surface area contributed by atoms with Gasteiger partial charge in [-0.05, 0) is 59.5 Å². The van der Waals surface area contributed by atoms with E-state index < -0.39 is 0 Å². The second-order valence-electron chi connectivity index (χ2n) is 8.38. The summed E-state index contributed by atoms with van der Waals surface area (Å²) >= 11 is 0. The van der Waals surface area contributed by atoms with Crippen LogP contribution in [0.1, 0.15) is 30.5 Å². The standard InChI is InChI=1S/C26H29N3O/c1-26(2,19-28)20-29(17-22-13-11-21(16-27)12-14-22)18-23-7-6-10-25(15-23)30-24-8-4-3-5-9-24/h3-15H,17-20,28H2,1-2H3. The fraction of sp³-hybridized carbons (Fsp3) is 0.269. The summed E-state index contributed by atoms with van der Waals surface area (Å²) in [4.78, 5) is 2.40. The molecule has 0 aliphatic carbocycles. The lowest BCUT2D eigenvalue weighted by Crippen LogP contribution is -2.38. The molecule has 0 aromatic heterocycles. The highest BCUT2D eigenvalue weighted by Crippen LogP contribution is 2.24. The summed E-state index contributed by atoms with van der Waals surface area (Å²) in [5.41, 5.74) is 9.05. The fourth-order valence-corrected chi connectivity index (χ4v) is 3.37. The molecule has 0 atom stereocenters. The Morgan fingerprint density at radius 3 is 2.20 bits per heavy atom. The highest BCUT2D eigenvalue weighted by Gasteiger charge is 2.21. The number of benzene rings is 3. The smallest absolute Gasteiger partial charge is 0.127 e. The van der Waals surface area contributed by atoms with E-state index in [1.165, 1.54) is 11.1 Å². The summed E-state index contributed by atoms with van der Waals surface area (Å²) in [7, 11) is 0. The average molecular weight is 400 g/mol. The van der Waals surface area contributed by atoms with E-state index in [0.717, 1.165) is 31.1 Å². The third-order valence-electron chi connectivity index (χ3n) is 4.98. The van der Waals surface area contributed by atoms with E-state index in [0.29, 0.717) is 12.1 Å². The lowest BCUT2D eigenvalue weighted by Gasteiger charge is -2.32. The maximum absolute atomic E-state index is 9.04. The molecular formula is C26H29N3O. The normalized spacial score (nSPS) is 11.3. The molecule has 30 heavy (non-hydrogen) atoms. The number of nitrogens with two attached hydrogens (primary N) is 1. The van der Waals surface area contributed by atoms with Crippen LogP contribution in [0.15, 0.2) is 78.9 Å². The molecule has 2 N–H and O–H groups in total. The largest absolute Gasteiger partial charge is 0.457 e. The van der Waals surface area contributed by atoms with Crippen LogP contribution in [0.25, 0.3) is 0 Å². The molecule has 4 heteroatoms. The molecule has 0 saturated heterocycles. The predicted octanol–water partition coefficient (Wildman–Crippen LogP) is 5.34. The Morgan fingerprint density at radius 2 is 1.53 bits per heavy atom. The van der Waals surface area contributed by atoms with E-state index in [2.05, 4.69) is 36.9 Å². The first-order valence-corrected chi connectivity index (χ1v) is 10.2. The number of nitrogens with zero attached hydrogens (tertiary/aromatic N) is 2. The Labute approximate surface area is 179 Å². The number of nitriles is 1. The van der Waals surface area contributed by atoms with Gasteiger partial charge in [-0.3, -0.25) is 4.90 Å². The maximum Gasteiger partial charge on any atom is 0.127 e. The van der Waals surface area contributed by atoms with Crippen LogP contribution in [0.4, 0.5) is 0 Å². The van der Waals surface area contributed by atoms with E-state index >= 15 is 0 Å². The van der Waals surface area contributed by atoms with Gasteiger partial charge in [0, 0.05) is 19.6 Å². The molecule has 0 unspecified atom stereocenters. The van der Waals surface area contributed by atoms with Crippen LogP contribution in [-0.2, 0) is 13.1 Å². The summed E-state index contributed by atoms with van der Waals surface area (Å²) < 4.78 is 6.00. The van der Waals surface area contributed by atoms with E-state index in [-0.39, 0.29) is 5.41 Å². The molecule has 0 spiro atoms. The Kier molecular flexibility index (Phi) is 7.24. The zero-order valence-electron chi connectivity index (χ0n) is 17.7. The van der Waals surface area contributed by atoms with Gasteiger partial charge in [-0.15, -0.1) is 0 Å². The van der Waals surface area contributed by atoms with Crippen molar-refractivity contribution in [3.05, 3.63) is 95.6 Å². The van der Waals surface area contributed by atoms with Crippen molar-refractivity contribution in [3.63, 3.8) is 0 Å². The van der Waals surface area contributed by atoms with Crippen molar-refractivity contribution in [2.75, 3.05) is 13.1 Å². The number of hydrogen-bond acceptors (Lipinski definition) is 4. The summed E-state index contributed by atoms with van der Waals surface area (Å²) in [5, 5.41) is 9.04. The first kappa shape index (κ1) is 21.6. The quantitative estimate of drug-likeness (QED) is 0.528. The molecule has 0 heterocycles. The minimum atomic E-state index is 0.00471. The van der Waals surface area contributed by atoms with Crippen molar-refractivity contribution < 1.29 is 4.74 Å². The van der Waals surface area contributed by atoms with Crippen molar-refractivity contribution in [2.45, 2.75) is 26.9 Å². The highest BCUT2D eigenvalue weighted by atomic mass is 16.5. The summed E-state index contributed by atoms with van der Waals surface area (Å²) in [5.74, 6) is 1.66. The monoisotopic (exact) mass is 399 g/mol. The molecule has 0 aliphatic heterocycles. The Morgan fingerprint density at radius 1 is 0.867 bits per heavy atom. The number of para-hydroxylation sites is 1. The predicted molar refractivity (Wildman–Crippen MR) is 121 cm³/mol. The topological polar surface area (TPSA) is 62.3 Å². The second kappa shape index (κ2) is 10.1. The van der Waals surface area contributed by atoms with Crippen LogP contribution in [0.3, 0.4) is 0 Å². The molecule has 0 aliphatic rings. The van der Waals surface area contributed by atoms with Gasteiger partial charge in [0.15, 0.2) is 0 Å². The molecule has 0 amide bonds. The van der Waals surface area contributed by atoms with Crippen LogP contribution in [-0.4, -0.2) is 18.0 Å². The molecule has 0 bridgehead atoms. The van der Waals surface area contributed by atoms with Gasteiger partial charge >= 0.3 is 0 Å². The number of hydrogen-bond donors (Lipinski definition) is 1. The average Bonchev–Trinajstić information content (AvgIpc) is 2.75. The second-order valence-corrected chi connectivity index (χ2v) is 8.38. The van der Waals surface area contributed by atoms with Crippen molar-refractivity contribution >= 4 is 0 Å². The van der Waals surface area contributed by atoms with Crippen molar-refractivity contribution in [3.8, 4) is 17.6 Å². The molecule has 3 rings (SSSR count). The van der Waals surface area contributed by atoms with Crippen molar-refractivity contribution in [1.82, 2.24) is 4.90 Å². The van der Waals surface area contributed by atoms with Gasteiger partial charge < -0.3 is 10.5 Å². The van der Waals surface area contributed by atoms with Crippen LogP contribution < -0.4 is 10.5 Å². The lowest BCUT2D eigenvalue weighted by atomic mass is 9.92. The molecular weight excluding hydrogens is 370 g/mol. The number of ether oxygens (including phenoxy) is 1. The molecule has 0 saturated carbocycles. The van der Waals surface area contributed by atoms with Crippen LogP contribution >= 0.6 is 0 Å². The van der Waals surface area contributed by atoms with Crippen LogP contribution in [0.5, 0.6) is 11.5 Å². The molecule has 154 valence electrons. The van der Waals surface area contributed by atoms with E-state index in [1.807, 2.05) is 66.7 Å². The summed E-state index contributed by atoms with van der Waals surface area (Å²) in [6, 6.07) is 28.0. The Balaban J connectivity index is 1.76. The Bertz CT molecular complexity index is 975. The first-order valence-electron chi connectivity index (χ1n) is 10.2.